The van der Waals surface area contributed by atoms with Gasteiger partial charge in [0.15, 0.2) is 0 Å². The van der Waals surface area contributed by atoms with Crippen molar-refractivity contribution in [3.05, 3.63) is 29.8 Å². The van der Waals surface area contributed by atoms with Gasteiger partial charge in [0.25, 0.3) is 0 Å². The van der Waals surface area contributed by atoms with Crippen LogP contribution in [0.25, 0.3) is 0 Å². The zero-order valence-electron chi connectivity index (χ0n) is 11.6. The normalized spacial score (nSPS) is 22.9. The minimum atomic E-state index is -4.32. The van der Waals surface area contributed by atoms with Crippen molar-refractivity contribution in [3.63, 3.8) is 0 Å². The summed E-state index contributed by atoms with van der Waals surface area (Å²) in [7, 11) is 0. The van der Waals surface area contributed by atoms with Crippen molar-refractivity contribution in [1.29, 1.82) is 0 Å². The molecule has 3 nitrogen and oxygen atoms in total. The number of rotatable bonds is 3. The Morgan fingerprint density at radius 3 is 2.57 bits per heavy atom. The van der Waals surface area contributed by atoms with Gasteiger partial charge in [0.1, 0.15) is 0 Å². The highest BCUT2D eigenvalue weighted by molar-refractivity contribution is 5.93. The van der Waals surface area contributed by atoms with Crippen LogP contribution in [0.3, 0.4) is 0 Å². The Morgan fingerprint density at radius 2 is 1.90 bits per heavy atom. The van der Waals surface area contributed by atoms with Gasteiger partial charge in [0.05, 0.1) is 5.92 Å². The molecule has 0 bridgehead atoms. The van der Waals surface area contributed by atoms with Gasteiger partial charge in [-0.2, -0.15) is 13.2 Å². The summed E-state index contributed by atoms with van der Waals surface area (Å²) >= 11 is 0. The van der Waals surface area contributed by atoms with Crippen molar-refractivity contribution in [2.45, 2.75) is 38.4 Å². The molecule has 1 amide bonds. The third-order valence-corrected chi connectivity index (χ3v) is 4.02. The van der Waals surface area contributed by atoms with Crippen molar-refractivity contribution in [1.82, 2.24) is 0 Å². The molecule has 2 atom stereocenters. The van der Waals surface area contributed by atoms with Crippen LogP contribution >= 0.6 is 0 Å². The summed E-state index contributed by atoms with van der Waals surface area (Å²) in [6.45, 7) is 0.226. The number of benzene rings is 1. The molecule has 0 aliphatic heterocycles. The van der Waals surface area contributed by atoms with Gasteiger partial charge in [0, 0.05) is 18.2 Å². The first-order valence-electron chi connectivity index (χ1n) is 7.09. The van der Waals surface area contributed by atoms with Gasteiger partial charge in [-0.3, -0.25) is 4.79 Å². The average molecular weight is 300 g/mol. The van der Waals surface area contributed by atoms with E-state index >= 15 is 0 Å². The van der Waals surface area contributed by atoms with Crippen LogP contribution in [0.5, 0.6) is 0 Å². The molecule has 0 saturated heterocycles. The molecule has 1 saturated carbocycles. The summed E-state index contributed by atoms with van der Waals surface area (Å²) in [6, 6.07) is 6.90. The van der Waals surface area contributed by atoms with Crippen LogP contribution in [0.4, 0.5) is 18.9 Å². The van der Waals surface area contributed by atoms with Crippen molar-refractivity contribution < 1.29 is 18.0 Å². The maximum atomic E-state index is 13.0. The van der Waals surface area contributed by atoms with Crippen LogP contribution in [0.2, 0.25) is 0 Å². The van der Waals surface area contributed by atoms with E-state index in [9.17, 15) is 18.0 Å². The molecular weight excluding hydrogens is 281 g/mol. The Hall–Kier alpha value is -1.56. The molecule has 0 aromatic heterocycles. The molecule has 0 heterocycles. The highest BCUT2D eigenvalue weighted by atomic mass is 19.4. The van der Waals surface area contributed by atoms with Crippen molar-refractivity contribution in [2.75, 3.05) is 5.32 Å². The number of alkyl halides is 3. The highest BCUT2D eigenvalue weighted by Gasteiger charge is 2.48. The molecule has 6 heteroatoms. The van der Waals surface area contributed by atoms with E-state index in [0.717, 1.165) is 0 Å². The summed E-state index contributed by atoms with van der Waals surface area (Å²) in [5.41, 5.74) is 6.78. The molecule has 0 spiro atoms. The zero-order valence-corrected chi connectivity index (χ0v) is 11.6. The second-order valence-electron chi connectivity index (χ2n) is 5.39. The first-order valence-corrected chi connectivity index (χ1v) is 7.09. The fraction of sp³-hybridized carbons (Fsp3) is 0.533. The van der Waals surface area contributed by atoms with Gasteiger partial charge < -0.3 is 11.1 Å². The number of carbonyl (C=O) groups excluding carboxylic acids is 1. The molecule has 0 radical (unpaired) electrons. The fourth-order valence-electron chi connectivity index (χ4n) is 2.88. The summed E-state index contributed by atoms with van der Waals surface area (Å²) in [4.78, 5) is 12.2. The molecule has 1 aromatic carbocycles. The monoisotopic (exact) mass is 300 g/mol. The Bertz CT molecular complexity index is 502. The van der Waals surface area contributed by atoms with Gasteiger partial charge in [0.2, 0.25) is 5.91 Å². The van der Waals surface area contributed by atoms with Gasteiger partial charge in [-0.05, 0) is 24.5 Å². The molecule has 21 heavy (non-hydrogen) atoms. The smallest absolute Gasteiger partial charge is 0.326 e. The lowest BCUT2D eigenvalue weighted by molar-refractivity contribution is -0.197. The number of halogens is 3. The van der Waals surface area contributed by atoms with Crippen LogP contribution < -0.4 is 11.1 Å². The second-order valence-corrected chi connectivity index (χ2v) is 5.39. The van der Waals surface area contributed by atoms with Crippen molar-refractivity contribution >= 4 is 11.6 Å². The van der Waals surface area contributed by atoms with Crippen molar-refractivity contribution in [3.8, 4) is 0 Å². The van der Waals surface area contributed by atoms with Crippen LogP contribution in [0, 0.1) is 11.8 Å². The molecular formula is C15H19F3N2O. The minimum absolute atomic E-state index is 0.0279. The van der Waals surface area contributed by atoms with Crippen molar-refractivity contribution in [2.24, 2.45) is 17.6 Å². The van der Waals surface area contributed by atoms with E-state index in [2.05, 4.69) is 5.32 Å². The van der Waals surface area contributed by atoms with Gasteiger partial charge in [-0.25, -0.2) is 0 Å². The molecule has 1 fully saturated rings. The van der Waals surface area contributed by atoms with E-state index in [0.29, 0.717) is 24.1 Å². The third kappa shape index (κ3) is 3.75. The molecule has 116 valence electrons. The zero-order chi connectivity index (χ0) is 15.5. The van der Waals surface area contributed by atoms with Gasteiger partial charge in [-0.15, -0.1) is 0 Å². The van der Waals surface area contributed by atoms with Crippen LogP contribution in [0.15, 0.2) is 24.3 Å². The van der Waals surface area contributed by atoms with Gasteiger partial charge >= 0.3 is 6.18 Å². The number of amides is 1. The third-order valence-electron chi connectivity index (χ3n) is 4.02. The lowest BCUT2D eigenvalue weighted by atomic mass is 9.78. The predicted molar refractivity (Wildman–Crippen MR) is 74.5 cm³/mol. The summed E-state index contributed by atoms with van der Waals surface area (Å²) in [5, 5.41) is 2.61. The topological polar surface area (TPSA) is 55.1 Å². The van der Waals surface area contributed by atoms with E-state index in [4.69, 9.17) is 5.73 Å². The molecule has 2 unspecified atom stereocenters. The van der Waals surface area contributed by atoms with E-state index < -0.39 is 23.9 Å². The van der Waals surface area contributed by atoms with E-state index in [1.54, 1.807) is 24.3 Å². The first kappa shape index (κ1) is 15.8. The molecule has 1 aliphatic rings. The Balaban J connectivity index is 2.14. The number of hydrogen-bond acceptors (Lipinski definition) is 2. The second kappa shape index (κ2) is 6.47. The number of para-hydroxylation sites is 1. The minimum Gasteiger partial charge on any atom is -0.326 e. The number of nitrogens with two attached hydrogens (primary N) is 1. The summed E-state index contributed by atoms with van der Waals surface area (Å²) in [5.74, 6) is -3.11. The SMILES string of the molecule is NCc1ccccc1NC(=O)C1CCCCC1C(F)(F)F. The van der Waals surface area contributed by atoms with Crippen LogP contribution in [-0.4, -0.2) is 12.1 Å². The Kier molecular flexibility index (Phi) is 4.88. The molecule has 1 aromatic rings. The number of hydrogen-bond donors (Lipinski definition) is 2. The molecule has 3 N–H and O–H groups in total. The van der Waals surface area contributed by atoms with E-state index in [-0.39, 0.29) is 19.4 Å². The Labute approximate surface area is 121 Å². The van der Waals surface area contributed by atoms with E-state index in [1.165, 1.54) is 0 Å². The molecule has 2 rings (SSSR count). The van der Waals surface area contributed by atoms with Gasteiger partial charge in [-0.1, -0.05) is 31.0 Å². The lowest BCUT2D eigenvalue weighted by Gasteiger charge is -2.32. The number of carbonyl (C=O) groups is 1. The fourth-order valence-corrected chi connectivity index (χ4v) is 2.88. The van der Waals surface area contributed by atoms with Crippen LogP contribution in [-0.2, 0) is 11.3 Å². The maximum Gasteiger partial charge on any atom is 0.392 e. The van der Waals surface area contributed by atoms with Crippen LogP contribution in [0.1, 0.15) is 31.2 Å². The maximum absolute atomic E-state index is 13.0. The highest BCUT2D eigenvalue weighted by Crippen LogP contribution is 2.41. The largest absolute Gasteiger partial charge is 0.392 e. The van der Waals surface area contributed by atoms with E-state index in [1.807, 2.05) is 0 Å². The summed E-state index contributed by atoms with van der Waals surface area (Å²) < 4.78 is 39.1. The summed E-state index contributed by atoms with van der Waals surface area (Å²) in [6.07, 6.45) is -2.84. The quantitative estimate of drug-likeness (QED) is 0.898. The number of anilines is 1. The Morgan fingerprint density at radius 1 is 1.24 bits per heavy atom. The average Bonchev–Trinajstić information content (AvgIpc) is 2.47. The first-order chi connectivity index (χ1) is 9.93. The lowest BCUT2D eigenvalue weighted by Crippen LogP contribution is -2.39. The standard InChI is InChI=1S/C15H19F3N2O/c16-15(17,18)12-7-3-2-6-11(12)14(21)20-13-8-4-1-5-10(13)9-19/h1,4-5,8,11-12H,2-3,6-7,9,19H2,(H,20,21). The predicted octanol–water partition coefficient (Wildman–Crippen LogP) is 3.45. The number of nitrogens with one attached hydrogen (secondary N) is 1. The molecule has 1 aliphatic carbocycles.